The van der Waals surface area contributed by atoms with Crippen molar-refractivity contribution in [1.29, 1.82) is 0 Å². The quantitative estimate of drug-likeness (QED) is 0.819. The first-order chi connectivity index (χ1) is 6.46. The Morgan fingerprint density at radius 2 is 2.07 bits per heavy atom. The molecule has 0 aliphatic carbocycles. The molecule has 0 aromatic heterocycles. The second-order valence-corrected chi connectivity index (χ2v) is 4.38. The molecule has 0 saturated carbocycles. The summed E-state index contributed by atoms with van der Waals surface area (Å²) in [6, 6.07) is 5.01. The van der Waals surface area contributed by atoms with Crippen molar-refractivity contribution >= 4 is 10.0 Å². The summed E-state index contributed by atoms with van der Waals surface area (Å²) in [7, 11) is -3.71. The molecule has 4 nitrogen and oxygen atoms in total. The minimum Gasteiger partial charge on any atom is -0.492 e. The molecular formula is C9H13NO3S. The second-order valence-electron chi connectivity index (χ2n) is 2.88. The van der Waals surface area contributed by atoms with E-state index < -0.39 is 10.0 Å². The predicted molar refractivity (Wildman–Crippen MR) is 53.7 cm³/mol. The predicted octanol–water partition coefficient (Wildman–Crippen LogP) is 1.04. The lowest BCUT2D eigenvalue weighted by Crippen LogP contribution is -2.15. The molecule has 1 aromatic carbocycles. The molecule has 0 heterocycles. The summed E-state index contributed by atoms with van der Waals surface area (Å²) in [5, 5.41) is 5.08. The van der Waals surface area contributed by atoms with Crippen LogP contribution in [0.25, 0.3) is 0 Å². The van der Waals surface area contributed by atoms with Crippen molar-refractivity contribution in [2.75, 3.05) is 6.61 Å². The van der Waals surface area contributed by atoms with Crippen molar-refractivity contribution in [3.63, 3.8) is 0 Å². The average Bonchev–Trinajstić information content (AvgIpc) is 2.02. The van der Waals surface area contributed by atoms with Gasteiger partial charge in [0.2, 0.25) is 10.0 Å². The van der Waals surface area contributed by atoms with Crippen LogP contribution in [0.5, 0.6) is 5.75 Å². The minimum absolute atomic E-state index is 0.0712. The van der Waals surface area contributed by atoms with Gasteiger partial charge in [0.25, 0.3) is 0 Å². The van der Waals surface area contributed by atoms with E-state index in [1.807, 2.05) is 0 Å². The molecule has 5 heteroatoms. The van der Waals surface area contributed by atoms with Crippen LogP contribution in [0.4, 0.5) is 0 Å². The third kappa shape index (κ3) is 2.24. The fraction of sp³-hybridized carbons (Fsp3) is 0.333. The number of hydrogen-bond acceptors (Lipinski definition) is 3. The summed E-state index contributed by atoms with van der Waals surface area (Å²) in [6.07, 6.45) is 0. The van der Waals surface area contributed by atoms with Gasteiger partial charge in [0.15, 0.2) is 0 Å². The van der Waals surface area contributed by atoms with Crippen molar-refractivity contribution in [1.82, 2.24) is 0 Å². The Labute approximate surface area is 83.7 Å². The monoisotopic (exact) mass is 215 g/mol. The van der Waals surface area contributed by atoms with E-state index in [9.17, 15) is 8.42 Å². The normalized spacial score (nSPS) is 11.4. The van der Waals surface area contributed by atoms with E-state index in [1.165, 1.54) is 0 Å². The number of nitrogens with two attached hydrogens (primary N) is 1. The number of ether oxygens (including phenoxy) is 1. The highest BCUT2D eigenvalue weighted by atomic mass is 32.2. The third-order valence-corrected chi connectivity index (χ3v) is 2.85. The van der Waals surface area contributed by atoms with Crippen molar-refractivity contribution in [2.45, 2.75) is 18.7 Å². The first kappa shape index (κ1) is 11.0. The maximum atomic E-state index is 11.2. The van der Waals surface area contributed by atoms with Gasteiger partial charge < -0.3 is 4.74 Å². The Morgan fingerprint density at radius 3 is 2.57 bits per heavy atom. The van der Waals surface area contributed by atoms with Crippen molar-refractivity contribution in [3.8, 4) is 5.75 Å². The molecule has 14 heavy (non-hydrogen) atoms. The van der Waals surface area contributed by atoms with Crippen LogP contribution < -0.4 is 9.88 Å². The SMILES string of the molecule is CCOc1cccc(C)c1S(N)(=O)=O. The molecule has 78 valence electrons. The van der Waals surface area contributed by atoms with Crippen LogP contribution in [0, 0.1) is 6.92 Å². The van der Waals surface area contributed by atoms with Gasteiger partial charge in [0.1, 0.15) is 10.6 Å². The Bertz CT molecular complexity index is 426. The summed E-state index contributed by atoms with van der Waals surface area (Å²) in [4.78, 5) is 0.0712. The maximum absolute atomic E-state index is 11.2. The average molecular weight is 215 g/mol. The van der Waals surface area contributed by atoms with Crippen molar-refractivity contribution in [2.24, 2.45) is 5.14 Å². The number of aryl methyl sites for hydroxylation is 1. The van der Waals surface area contributed by atoms with Gasteiger partial charge >= 0.3 is 0 Å². The molecule has 1 aromatic rings. The molecule has 0 saturated heterocycles. The Balaban J connectivity index is 3.37. The molecule has 0 aliphatic rings. The molecule has 0 unspecified atom stereocenters. The fourth-order valence-electron chi connectivity index (χ4n) is 1.26. The van der Waals surface area contributed by atoms with Crippen LogP contribution in [-0.4, -0.2) is 15.0 Å². The lowest BCUT2D eigenvalue weighted by Gasteiger charge is -2.10. The molecule has 0 amide bonds. The standard InChI is InChI=1S/C9H13NO3S/c1-3-13-8-6-4-5-7(2)9(8)14(10,11)12/h4-6H,3H2,1-2H3,(H2,10,11,12). The van der Waals surface area contributed by atoms with Crippen LogP contribution in [0.1, 0.15) is 12.5 Å². The van der Waals surface area contributed by atoms with E-state index >= 15 is 0 Å². The summed E-state index contributed by atoms with van der Waals surface area (Å²) in [6.45, 7) is 3.88. The molecule has 1 rings (SSSR count). The fourth-order valence-corrected chi connectivity index (χ4v) is 2.18. The summed E-state index contributed by atoms with van der Waals surface area (Å²) in [5.74, 6) is 0.315. The molecule has 0 atom stereocenters. The Hall–Kier alpha value is -1.07. The number of benzene rings is 1. The van der Waals surface area contributed by atoms with Crippen molar-refractivity contribution < 1.29 is 13.2 Å². The van der Waals surface area contributed by atoms with Gasteiger partial charge in [-0.15, -0.1) is 0 Å². The van der Waals surface area contributed by atoms with Gasteiger partial charge in [-0.1, -0.05) is 12.1 Å². The van der Waals surface area contributed by atoms with E-state index in [0.717, 1.165) is 0 Å². The van der Waals surface area contributed by atoms with Gasteiger partial charge in [-0.2, -0.15) is 0 Å². The van der Waals surface area contributed by atoms with E-state index in [2.05, 4.69) is 0 Å². The summed E-state index contributed by atoms with van der Waals surface area (Å²) in [5.41, 5.74) is 0.596. The zero-order valence-electron chi connectivity index (χ0n) is 8.15. The summed E-state index contributed by atoms with van der Waals surface area (Å²) >= 11 is 0. The zero-order valence-corrected chi connectivity index (χ0v) is 8.97. The molecule has 0 bridgehead atoms. The van der Waals surface area contributed by atoms with Gasteiger partial charge in [-0.25, -0.2) is 13.6 Å². The van der Waals surface area contributed by atoms with Crippen molar-refractivity contribution in [3.05, 3.63) is 23.8 Å². The van der Waals surface area contributed by atoms with Gasteiger partial charge in [-0.3, -0.25) is 0 Å². The largest absolute Gasteiger partial charge is 0.492 e. The van der Waals surface area contributed by atoms with Crippen LogP contribution in [0.2, 0.25) is 0 Å². The topological polar surface area (TPSA) is 69.4 Å². The maximum Gasteiger partial charge on any atom is 0.242 e. The highest BCUT2D eigenvalue weighted by molar-refractivity contribution is 7.89. The number of hydrogen-bond donors (Lipinski definition) is 1. The molecule has 2 N–H and O–H groups in total. The van der Waals surface area contributed by atoms with Gasteiger partial charge in [0, 0.05) is 0 Å². The highest BCUT2D eigenvalue weighted by Gasteiger charge is 2.17. The first-order valence-corrected chi connectivity index (χ1v) is 5.76. The molecule has 0 fully saturated rings. The first-order valence-electron chi connectivity index (χ1n) is 4.22. The van der Waals surface area contributed by atoms with Gasteiger partial charge in [0.05, 0.1) is 6.61 Å². The van der Waals surface area contributed by atoms with Gasteiger partial charge in [-0.05, 0) is 25.5 Å². The third-order valence-electron chi connectivity index (χ3n) is 1.76. The smallest absolute Gasteiger partial charge is 0.242 e. The van der Waals surface area contributed by atoms with Crippen LogP contribution in [-0.2, 0) is 10.0 Å². The Morgan fingerprint density at radius 1 is 1.43 bits per heavy atom. The molecule has 0 radical (unpaired) electrons. The van der Waals surface area contributed by atoms with E-state index in [4.69, 9.17) is 9.88 Å². The lowest BCUT2D eigenvalue weighted by molar-refractivity contribution is 0.330. The lowest BCUT2D eigenvalue weighted by atomic mass is 10.2. The molecule has 0 aliphatic heterocycles. The zero-order chi connectivity index (χ0) is 10.8. The number of primary sulfonamides is 1. The van der Waals surface area contributed by atoms with E-state index in [1.54, 1.807) is 32.0 Å². The molecular weight excluding hydrogens is 202 g/mol. The van der Waals surface area contributed by atoms with Crippen LogP contribution in [0.15, 0.2) is 23.1 Å². The summed E-state index contributed by atoms with van der Waals surface area (Å²) < 4.78 is 27.7. The van der Waals surface area contributed by atoms with E-state index in [-0.39, 0.29) is 4.90 Å². The number of rotatable bonds is 3. The minimum atomic E-state index is -3.71. The number of sulfonamides is 1. The van der Waals surface area contributed by atoms with Crippen LogP contribution in [0.3, 0.4) is 0 Å². The molecule has 0 spiro atoms. The highest BCUT2D eigenvalue weighted by Crippen LogP contribution is 2.25. The second kappa shape index (κ2) is 3.98. The Kier molecular flexibility index (Phi) is 3.13. The van der Waals surface area contributed by atoms with Crippen LogP contribution >= 0.6 is 0 Å². The van der Waals surface area contributed by atoms with E-state index in [0.29, 0.717) is 17.9 Å².